The summed E-state index contributed by atoms with van der Waals surface area (Å²) < 4.78 is 10.4. The number of aryl methyl sites for hydroxylation is 1. The molecule has 0 saturated heterocycles. The van der Waals surface area contributed by atoms with Gasteiger partial charge in [0.15, 0.2) is 13.2 Å². The molecule has 0 aliphatic carbocycles. The first kappa shape index (κ1) is 17.3. The first-order valence-corrected chi connectivity index (χ1v) is 7.75. The molecular formula is C18H16N2O6. The molecule has 1 aliphatic heterocycles. The van der Waals surface area contributed by atoms with Gasteiger partial charge in [-0.15, -0.1) is 0 Å². The van der Waals surface area contributed by atoms with Crippen molar-refractivity contribution in [3.05, 3.63) is 47.5 Å². The molecule has 2 aromatic carbocycles. The largest absolute Gasteiger partial charge is 0.482 e. The third-order valence-corrected chi connectivity index (χ3v) is 3.68. The number of anilines is 2. The second kappa shape index (κ2) is 7.14. The van der Waals surface area contributed by atoms with Gasteiger partial charge in [-0.2, -0.15) is 0 Å². The van der Waals surface area contributed by atoms with Gasteiger partial charge in [-0.1, -0.05) is 0 Å². The molecule has 0 unspecified atom stereocenters. The van der Waals surface area contributed by atoms with Crippen LogP contribution in [0.25, 0.3) is 0 Å². The van der Waals surface area contributed by atoms with Crippen LogP contribution in [0.4, 0.5) is 11.4 Å². The zero-order chi connectivity index (χ0) is 18.7. The Morgan fingerprint density at radius 1 is 1.27 bits per heavy atom. The molecule has 2 amide bonds. The number of fused-ring (bicyclic) bond motifs is 1. The lowest BCUT2D eigenvalue weighted by molar-refractivity contribution is -0.139. The number of hydrogen-bond donors (Lipinski definition) is 3. The fourth-order valence-corrected chi connectivity index (χ4v) is 2.43. The molecule has 0 saturated carbocycles. The SMILES string of the molecule is Cc1cc(OCC(=O)O)ccc1NC(=O)c1ccc2c(c1)NC(=O)CO2. The Morgan fingerprint density at radius 2 is 2.08 bits per heavy atom. The Balaban J connectivity index is 1.73. The lowest BCUT2D eigenvalue weighted by atomic mass is 10.1. The molecule has 8 heteroatoms. The minimum absolute atomic E-state index is 0.0476. The predicted octanol–water partition coefficient (Wildman–Crippen LogP) is 2.04. The van der Waals surface area contributed by atoms with Gasteiger partial charge in [0.1, 0.15) is 11.5 Å². The highest BCUT2D eigenvalue weighted by Crippen LogP contribution is 2.29. The quantitative estimate of drug-likeness (QED) is 0.755. The van der Waals surface area contributed by atoms with E-state index in [4.69, 9.17) is 14.6 Å². The van der Waals surface area contributed by atoms with Crippen molar-refractivity contribution < 1.29 is 29.0 Å². The Kier molecular flexibility index (Phi) is 4.74. The molecule has 8 nitrogen and oxygen atoms in total. The highest BCUT2D eigenvalue weighted by molar-refractivity contribution is 6.06. The van der Waals surface area contributed by atoms with Crippen LogP contribution in [-0.2, 0) is 9.59 Å². The zero-order valence-electron chi connectivity index (χ0n) is 13.9. The van der Waals surface area contributed by atoms with Crippen LogP contribution in [0.5, 0.6) is 11.5 Å². The topological polar surface area (TPSA) is 114 Å². The van der Waals surface area contributed by atoms with Gasteiger partial charge < -0.3 is 25.2 Å². The van der Waals surface area contributed by atoms with Gasteiger partial charge in [-0.05, 0) is 48.9 Å². The summed E-state index contributed by atoms with van der Waals surface area (Å²) in [6.07, 6.45) is 0. The van der Waals surface area contributed by atoms with Crippen molar-refractivity contribution >= 4 is 29.2 Å². The smallest absolute Gasteiger partial charge is 0.341 e. The van der Waals surface area contributed by atoms with Crippen LogP contribution >= 0.6 is 0 Å². The molecule has 1 heterocycles. The summed E-state index contributed by atoms with van der Waals surface area (Å²) in [5.74, 6) is -0.782. The maximum Gasteiger partial charge on any atom is 0.341 e. The van der Waals surface area contributed by atoms with E-state index in [0.717, 1.165) is 5.56 Å². The van der Waals surface area contributed by atoms with E-state index in [-0.39, 0.29) is 18.4 Å². The van der Waals surface area contributed by atoms with Gasteiger partial charge in [0.05, 0.1) is 5.69 Å². The first-order valence-electron chi connectivity index (χ1n) is 7.75. The van der Waals surface area contributed by atoms with Gasteiger partial charge in [0, 0.05) is 11.3 Å². The number of carboxylic acids is 1. The number of carboxylic acid groups (broad SMARTS) is 1. The molecule has 0 radical (unpaired) electrons. The highest BCUT2D eigenvalue weighted by Gasteiger charge is 2.18. The average Bonchev–Trinajstić information content (AvgIpc) is 2.61. The maximum atomic E-state index is 12.5. The van der Waals surface area contributed by atoms with Crippen LogP contribution < -0.4 is 20.1 Å². The molecule has 0 fully saturated rings. The highest BCUT2D eigenvalue weighted by atomic mass is 16.5. The summed E-state index contributed by atoms with van der Waals surface area (Å²) in [4.78, 5) is 34.4. The number of aliphatic carboxylic acids is 1. The minimum atomic E-state index is -1.07. The molecule has 0 bridgehead atoms. The molecule has 3 rings (SSSR count). The lowest BCUT2D eigenvalue weighted by Crippen LogP contribution is -2.25. The van der Waals surface area contributed by atoms with Crippen LogP contribution in [0, 0.1) is 6.92 Å². The van der Waals surface area contributed by atoms with E-state index in [0.29, 0.717) is 28.4 Å². The van der Waals surface area contributed by atoms with Crippen LogP contribution in [-0.4, -0.2) is 36.1 Å². The Hall–Kier alpha value is -3.55. The van der Waals surface area contributed by atoms with E-state index in [9.17, 15) is 14.4 Å². The molecule has 2 aromatic rings. The second-order valence-electron chi connectivity index (χ2n) is 5.66. The number of carbonyl (C=O) groups is 3. The molecule has 26 heavy (non-hydrogen) atoms. The summed E-state index contributed by atoms with van der Waals surface area (Å²) in [6, 6.07) is 9.62. The van der Waals surface area contributed by atoms with E-state index in [1.807, 2.05) is 0 Å². The lowest BCUT2D eigenvalue weighted by Gasteiger charge is -2.18. The van der Waals surface area contributed by atoms with E-state index in [1.165, 1.54) is 0 Å². The number of carbonyl (C=O) groups excluding carboxylic acids is 2. The molecule has 0 atom stereocenters. The summed E-state index contributed by atoms with van der Waals surface area (Å²) >= 11 is 0. The third-order valence-electron chi connectivity index (χ3n) is 3.68. The van der Waals surface area contributed by atoms with Gasteiger partial charge in [0.25, 0.3) is 11.8 Å². The number of hydrogen-bond acceptors (Lipinski definition) is 5. The van der Waals surface area contributed by atoms with Crippen LogP contribution in [0.1, 0.15) is 15.9 Å². The Bertz CT molecular complexity index is 893. The van der Waals surface area contributed by atoms with Crippen molar-refractivity contribution in [2.75, 3.05) is 23.8 Å². The number of nitrogens with one attached hydrogen (secondary N) is 2. The van der Waals surface area contributed by atoms with Crippen molar-refractivity contribution in [1.29, 1.82) is 0 Å². The number of benzene rings is 2. The monoisotopic (exact) mass is 356 g/mol. The van der Waals surface area contributed by atoms with Crippen LogP contribution in [0.2, 0.25) is 0 Å². The summed E-state index contributed by atoms with van der Waals surface area (Å²) in [7, 11) is 0. The molecule has 0 spiro atoms. The van der Waals surface area contributed by atoms with E-state index < -0.39 is 12.6 Å². The summed E-state index contributed by atoms with van der Waals surface area (Å²) in [5.41, 5.74) is 2.09. The first-order chi connectivity index (χ1) is 12.4. The van der Waals surface area contributed by atoms with E-state index in [1.54, 1.807) is 43.3 Å². The van der Waals surface area contributed by atoms with Gasteiger partial charge >= 0.3 is 5.97 Å². The van der Waals surface area contributed by atoms with Gasteiger partial charge in [-0.25, -0.2) is 4.79 Å². The number of ether oxygens (including phenoxy) is 2. The summed E-state index contributed by atoms with van der Waals surface area (Å²) in [6.45, 7) is 1.28. The Labute approximate surface area is 148 Å². The normalized spacial score (nSPS) is 12.4. The van der Waals surface area contributed by atoms with Crippen molar-refractivity contribution in [2.24, 2.45) is 0 Å². The average molecular weight is 356 g/mol. The molecule has 1 aliphatic rings. The van der Waals surface area contributed by atoms with Crippen LogP contribution in [0.3, 0.4) is 0 Å². The molecular weight excluding hydrogens is 340 g/mol. The summed E-state index contributed by atoms with van der Waals surface area (Å²) in [5, 5.41) is 14.1. The second-order valence-corrected chi connectivity index (χ2v) is 5.66. The van der Waals surface area contributed by atoms with Gasteiger partial charge in [0.2, 0.25) is 0 Å². The number of rotatable bonds is 5. The number of amides is 2. The van der Waals surface area contributed by atoms with Gasteiger partial charge in [-0.3, -0.25) is 9.59 Å². The van der Waals surface area contributed by atoms with Crippen molar-refractivity contribution in [3.63, 3.8) is 0 Å². The fraction of sp³-hybridized carbons (Fsp3) is 0.167. The third kappa shape index (κ3) is 3.92. The van der Waals surface area contributed by atoms with Crippen LogP contribution in [0.15, 0.2) is 36.4 Å². The zero-order valence-corrected chi connectivity index (χ0v) is 13.9. The van der Waals surface area contributed by atoms with E-state index >= 15 is 0 Å². The van der Waals surface area contributed by atoms with Crippen molar-refractivity contribution in [2.45, 2.75) is 6.92 Å². The van der Waals surface area contributed by atoms with Crippen molar-refractivity contribution in [1.82, 2.24) is 0 Å². The van der Waals surface area contributed by atoms with E-state index in [2.05, 4.69) is 10.6 Å². The Morgan fingerprint density at radius 3 is 2.81 bits per heavy atom. The van der Waals surface area contributed by atoms with Crippen molar-refractivity contribution in [3.8, 4) is 11.5 Å². The fourth-order valence-electron chi connectivity index (χ4n) is 2.43. The standard InChI is InChI=1S/C18H16N2O6/c1-10-6-12(25-9-17(22)23)3-4-13(10)20-18(24)11-2-5-15-14(7-11)19-16(21)8-26-15/h2-7H,8-9H2,1H3,(H,19,21)(H,20,24)(H,22,23). The molecule has 0 aromatic heterocycles. The molecule has 3 N–H and O–H groups in total. The molecule has 134 valence electrons. The minimum Gasteiger partial charge on any atom is -0.482 e. The maximum absolute atomic E-state index is 12.5. The predicted molar refractivity (Wildman–Crippen MR) is 92.8 cm³/mol.